The molecule has 1 radical (unpaired) electrons. The summed E-state index contributed by atoms with van der Waals surface area (Å²) in [5, 5.41) is 10.8. The van der Waals surface area contributed by atoms with Crippen molar-refractivity contribution in [3.8, 4) is 11.1 Å². The van der Waals surface area contributed by atoms with Crippen molar-refractivity contribution in [2.75, 3.05) is 0 Å². The Hall–Kier alpha value is -2.16. The molecule has 0 saturated heterocycles. The molecule has 0 atom stereocenters. The molecule has 3 rings (SSSR count). The summed E-state index contributed by atoms with van der Waals surface area (Å²) in [4.78, 5) is 10.4. The van der Waals surface area contributed by atoms with Gasteiger partial charge in [0.1, 0.15) is 0 Å². The molecule has 0 fully saturated rings. The molecular weight excluding hydrogens is 238 g/mol. The van der Waals surface area contributed by atoms with Gasteiger partial charge in [-0.05, 0) is 54.0 Å². The Morgan fingerprint density at radius 3 is 2.53 bits per heavy atom. The number of nitro benzene ring substituents is 1. The van der Waals surface area contributed by atoms with E-state index in [0.717, 1.165) is 24.0 Å². The molecule has 0 spiro atoms. The molecular formula is C16H14NO2. The molecule has 0 unspecified atom stereocenters. The lowest BCUT2D eigenvalue weighted by atomic mass is 9.89. The van der Waals surface area contributed by atoms with E-state index in [1.807, 2.05) is 6.07 Å². The molecule has 0 aliphatic heterocycles. The van der Waals surface area contributed by atoms with Crippen LogP contribution in [0.25, 0.3) is 11.1 Å². The number of fused-ring (bicyclic) bond motifs is 1. The summed E-state index contributed by atoms with van der Waals surface area (Å²) in [6.45, 7) is 0. The summed E-state index contributed by atoms with van der Waals surface area (Å²) in [6, 6.07) is 14.1. The van der Waals surface area contributed by atoms with Gasteiger partial charge >= 0.3 is 0 Å². The van der Waals surface area contributed by atoms with Gasteiger partial charge in [0.25, 0.3) is 5.69 Å². The third kappa shape index (κ3) is 2.36. The molecule has 3 heteroatoms. The van der Waals surface area contributed by atoms with Crippen molar-refractivity contribution in [1.29, 1.82) is 0 Å². The van der Waals surface area contributed by atoms with Crippen LogP contribution in [0.1, 0.15) is 24.0 Å². The maximum atomic E-state index is 10.8. The van der Waals surface area contributed by atoms with Crippen LogP contribution in [0.4, 0.5) is 5.69 Å². The third-order valence-corrected chi connectivity index (χ3v) is 3.66. The molecule has 95 valence electrons. The first-order valence-electron chi connectivity index (χ1n) is 6.52. The van der Waals surface area contributed by atoms with Crippen LogP contribution in [-0.2, 0) is 12.8 Å². The van der Waals surface area contributed by atoms with Gasteiger partial charge in [0.15, 0.2) is 0 Å². The molecule has 3 nitrogen and oxygen atoms in total. The highest BCUT2D eigenvalue weighted by atomic mass is 16.6. The lowest BCUT2D eigenvalue weighted by Gasteiger charge is -2.16. The van der Waals surface area contributed by atoms with Crippen molar-refractivity contribution in [2.45, 2.75) is 25.7 Å². The van der Waals surface area contributed by atoms with E-state index in [0.29, 0.717) is 0 Å². The Kier molecular flexibility index (Phi) is 3.03. The zero-order valence-corrected chi connectivity index (χ0v) is 10.6. The average Bonchev–Trinajstić information content (AvgIpc) is 2.47. The van der Waals surface area contributed by atoms with E-state index in [9.17, 15) is 10.1 Å². The smallest absolute Gasteiger partial charge is 0.258 e. The second-order valence-corrected chi connectivity index (χ2v) is 4.91. The Morgan fingerprint density at radius 2 is 1.74 bits per heavy atom. The summed E-state index contributed by atoms with van der Waals surface area (Å²) >= 11 is 0. The van der Waals surface area contributed by atoms with Gasteiger partial charge in [0.2, 0.25) is 0 Å². The van der Waals surface area contributed by atoms with E-state index in [-0.39, 0.29) is 5.69 Å². The highest BCUT2D eigenvalue weighted by Gasteiger charge is 2.12. The van der Waals surface area contributed by atoms with E-state index in [4.69, 9.17) is 0 Å². The number of hydrogen-bond acceptors (Lipinski definition) is 2. The summed E-state index contributed by atoms with van der Waals surface area (Å²) in [5.74, 6) is 0. The highest BCUT2D eigenvalue weighted by Crippen LogP contribution is 2.28. The minimum Gasteiger partial charge on any atom is -0.258 e. The average molecular weight is 252 g/mol. The molecule has 0 aromatic heterocycles. The van der Waals surface area contributed by atoms with Crippen LogP contribution in [-0.4, -0.2) is 4.92 Å². The number of nitrogens with zero attached hydrogens (tertiary/aromatic N) is 1. The van der Waals surface area contributed by atoms with Crippen LogP contribution < -0.4 is 0 Å². The van der Waals surface area contributed by atoms with E-state index in [1.165, 1.54) is 24.0 Å². The SMILES string of the molecule is O=[N+]([O-])c1[c]ccc(-c2ccc3c(c2)CCCC3)c1. The zero-order valence-electron chi connectivity index (χ0n) is 10.6. The van der Waals surface area contributed by atoms with Gasteiger partial charge in [-0.15, -0.1) is 0 Å². The molecule has 0 saturated carbocycles. The lowest BCUT2D eigenvalue weighted by molar-refractivity contribution is -0.385. The minimum atomic E-state index is -0.401. The van der Waals surface area contributed by atoms with E-state index >= 15 is 0 Å². The van der Waals surface area contributed by atoms with Crippen LogP contribution in [0.15, 0.2) is 36.4 Å². The highest BCUT2D eigenvalue weighted by molar-refractivity contribution is 5.67. The fourth-order valence-corrected chi connectivity index (χ4v) is 2.65. The van der Waals surface area contributed by atoms with Gasteiger partial charge in [0, 0.05) is 6.07 Å². The van der Waals surface area contributed by atoms with E-state index in [1.54, 1.807) is 12.1 Å². The Balaban J connectivity index is 2.02. The predicted molar refractivity (Wildman–Crippen MR) is 74.0 cm³/mol. The molecule has 2 aromatic rings. The number of non-ortho nitro benzene ring substituents is 1. The number of nitro groups is 1. The first-order valence-corrected chi connectivity index (χ1v) is 6.52. The molecule has 0 N–H and O–H groups in total. The van der Waals surface area contributed by atoms with Gasteiger partial charge < -0.3 is 0 Å². The fourth-order valence-electron chi connectivity index (χ4n) is 2.65. The first kappa shape index (κ1) is 11.9. The topological polar surface area (TPSA) is 43.1 Å². The zero-order chi connectivity index (χ0) is 13.2. The second-order valence-electron chi connectivity index (χ2n) is 4.91. The summed E-state index contributed by atoms with van der Waals surface area (Å²) in [6.07, 6.45) is 4.76. The lowest BCUT2D eigenvalue weighted by Crippen LogP contribution is -2.02. The van der Waals surface area contributed by atoms with Crippen molar-refractivity contribution in [3.05, 3.63) is 63.7 Å². The maximum absolute atomic E-state index is 10.8. The maximum Gasteiger partial charge on any atom is 0.278 e. The standard InChI is InChI=1S/C16H14NO2/c18-17(19)16-7-3-6-14(11-16)15-9-8-12-4-1-2-5-13(12)10-15/h3,6,8-11H,1-2,4-5H2. The fraction of sp³-hybridized carbons (Fsp3) is 0.250. The quantitative estimate of drug-likeness (QED) is 0.600. The third-order valence-electron chi connectivity index (χ3n) is 3.66. The Bertz CT molecular complexity index is 634. The summed E-state index contributed by atoms with van der Waals surface area (Å²) < 4.78 is 0. The number of aryl methyl sites for hydroxylation is 2. The van der Waals surface area contributed by atoms with Gasteiger partial charge in [0.05, 0.1) is 11.0 Å². The molecule has 1 aliphatic carbocycles. The largest absolute Gasteiger partial charge is 0.278 e. The monoisotopic (exact) mass is 252 g/mol. The molecule has 2 aromatic carbocycles. The first-order chi connectivity index (χ1) is 9.24. The number of hydrogen-bond donors (Lipinski definition) is 0. The Morgan fingerprint density at radius 1 is 1.00 bits per heavy atom. The summed E-state index contributed by atoms with van der Waals surface area (Å²) in [5.41, 5.74) is 4.78. The van der Waals surface area contributed by atoms with Gasteiger partial charge in [-0.3, -0.25) is 10.1 Å². The minimum absolute atomic E-state index is 0.0234. The van der Waals surface area contributed by atoms with Crippen LogP contribution in [0.5, 0.6) is 0 Å². The van der Waals surface area contributed by atoms with Gasteiger partial charge in [-0.25, -0.2) is 0 Å². The molecule has 0 bridgehead atoms. The molecule has 0 amide bonds. The molecule has 1 aliphatic rings. The van der Waals surface area contributed by atoms with Crippen LogP contribution in [0, 0.1) is 16.2 Å². The van der Waals surface area contributed by atoms with Crippen LogP contribution >= 0.6 is 0 Å². The van der Waals surface area contributed by atoms with Crippen molar-refractivity contribution in [1.82, 2.24) is 0 Å². The molecule has 0 heterocycles. The van der Waals surface area contributed by atoms with Crippen molar-refractivity contribution >= 4 is 5.69 Å². The number of benzene rings is 2. The second kappa shape index (κ2) is 4.84. The Labute approximate surface area is 112 Å². The van der Waals surface area contributed by atoms with Crippen LogP contribution in [0.3, 0.4) is 0 Å². The van der Waals surface area contributed by atoms with Crippen molar-refractivity contribution < 1.29 is 4.92 Å². The number of rotatable bonds is 2. The van der Waals surface area contributed by atoms with Crippen molar-refractivity contribution in [2.24, 2.45) is 0 Å². The predicted octanol–water partition coefficient (Wildman–Crippen LogP) is 3.94. The van der Waals surface area contributed by atoms with E-state index in [2.05, 4.69) is 24.3 Å². The van der Waals surface area contributed by atoms with Crippen LogP contribution in [0.2, 0.25) is 0 Å². The summed E-state index contributed by atoms with van der Waals surface area (Å²) in [7, 11) is 0. The van der Waals surface area contributed by atoms with Crippen molar-refractivity contribution in [3.63, 3.8) is 0 Å². The molecule has 19 heavy (non-hydrogen) atoms. The van der Waals surface area contributed by atoms with E-state index < -0.39 is 4.92 Å². The normalized spacial score (nSPS) is 13.9. The van der Waals surface area contributed by atoms with Gasteiger partial charge in [-0.1, -0.05) is 24.3 Å². The van der Waals surface area contributed by atoms with Gasteiger partial charge in [-0.2, -0.15) is 0 Å².